The fourth-order valence-corrected chi connectivity index (χ4v) is 1.55. The Balaban J connectivity index is 2.10. The molecule has 0 bridgehead atoms. The van der Waals surface area contributed by atoms with Gasteiger partial charge in [0.1, 0.15) is 0 Å². The topological polar surface area (TPSA) is 38.7 Å². The van der Waals surface area contributed by atoms with Crippen LogP contribution >= 0.6 is 0 Å². The molecule has 1 aromatic rings. The lowest BCUT2D eigenvalue weighted by Gasteiger charge is -2.07. The number of ether oxygens (including phenoxy) is 1. The normalized spacial score (nSPS) is 12.5. The minimum absolute atomic E-state index is 0.103. The molecule has 3 nitrogen and oxygen atoms in total. The maximum atomic E-state index is 11.4. The zero-order valence-corrected chi connectivity index (χ0v) is 11.8. The number of para-hydroxylation sites is 1. The molecule has 0 heterocycles. The van der Waals surface area contributed by atoms with Crippen LogP contribution in [-0.2, 0) is 9.53 Å². The number of aliphatic imine (C=N–C) groups is 1. The van der Waals surface area contributed by atoms with Crippen LogP contribution in [0.4, 0.5) is 5.69 Å². The van der Waals surface area contributed by atoms with Crippen LogP contribution < -0.4 is 0 Å². The Bertz CT molecular complexity index is 387. The number of hydrogen-bond acceptors (Lipinski definition) is 3. The second-order valence-electron chi connectivity index (χ2n) is 4.71. The predicted molar refractivity (Wildman–Crippen MR) is 78.9 cm³/mol. The molecule has 0 aliphatic rings. The Morgan fingerprint density at radius 3 is 2.79 bits per heavy atom. The van der Waals surface area contributed by atoms with Crippen molar-refractivity contribution >= 4 is 17.9 Å². The van der Waals surface area contributed by atoms with Crippen molar-refractivity contribution in [3.8, 4) is 0 Å². The van der Waals surface area contributed by atoms with Gasteiger partial charge in [-0.2, -0.15) is 0 Å². The molecule has 0 aliphatic carbocycles. The van der Waals surface area contributed by atoms with Crippen molar-refractivity contribution in [3.05, 3.63) is 30.3 Å². The second kappa shape index (κ2) is 9.31. The molecular formula is C16H23NO2. The smallest absolute Gasteiger partial charge is 0.305 e. The third-order valence-electron chi connectivity index (χ3n) is 3.04. The summed E-state index contributed by atoms with van der Waals surface area (Å²) in [6, 6.07) is 9.73. The first kappa shape index (κ1) is 15.4. The zero-order valence-electron chi connectivity index (χ0n) is 11.8. The van der Waals surface area contributed by atoms with Gasteiger partial charge in [0.2, 0.25) is 0 Å². The standard InChI is InChI=1S/C16H23NO2/c1-3-14(2)10-11-16(18)19-13-7-12-17-15-8-5-4-6-9-15/h4-6,8-9,12,14H,3,7,10-11,13H2,1-2H3. The van der Waals surface area contributed by atoms with E-state index < -0.39 is 0 Å². The van der Waals surface area contributed by atoms with Gasteiger partial charge in [0.15, 0.2) is 0 Å². The van der Waals surface area contributed by atoms with Crippen molar-refractivity contribution in [3.63, 3.8) is 0 Å². The summed E-state index contributed by atoms with van der Waals surface area (Å²) >= 11 is 0. The molecule has 1 rings (SSSR count). The average Bonchev–Trinajstić information content (AvgIpc) is 2.45. The van der Waals surface area contributed by atoms with Crippen LogP contribution in [0.2, 0.25) is 0 Å². The minimum atomic E-state index is -0.103. The maximum absolute atomic E-state index is 11.4. The van der Waals surface area contributed by atoms with Crippen LogP contribution in [0.3, 0.4) is 0 Å². The third-order valence-corrected chi connectivity index (χ3v) is 3.04. The van der Waals surface area contributed by atoms with Gasteiger partial charge in [-0.1, -0.05) is 38.5 Å². The first-order valence-electron chi connectivity index (χ1n) is 6.95. The van der Waals surface area contributed by atoms with Crippen molar-refractivity contribution in [2.45, 2.75) is 39.5 Å². The van der Waals surface area contributed by atoms with Crippen LogP contribution in [0.25, 0.3) is 0 Å². The van der Waals surface area contributed by atoms with Gasteiger partial charge in [-0.25, -0.2) is 0 Å². The summed E-state index contributed by atoms with van der Waals surface area (Å²) in [4.78, 5) is 15.7. The van der Waals surface area contributed by atoms with E-state index in [1.165, 1.54) is 0 Å². The highest BCUT2D eigenvalue weighted by Crippen LogP contribution is 2.10. The summed E-state index contributed by atoms with van der Waals surface area (Å²) in [6.45, 7) is 4.70. The van der Waals surface area contributed by atoms with E-state index in [-0.39, 0.29) is 5.97 Å². The maximum Gasteiger partial charge on any atom is 0.305 e. The highest BCUT2D eigenvalue weighted by molar-refractivity contribution is 5.70. The van der Waals surface area contributed by atoms with Gasteiger partial charge in [-0.05, 0) is 24.5 Å². The van der Waals surface area contributed by atoms with Gasteiger partial charge in [-0.3, -0.25) is 9.79 Å². The predicted octanol–water partition coefficient (Wildman–Crippen LogP) is 4.15. The van der Waals surface area contributed by atoms with E-state index in [1.807, 2.05) is 30.3 Å². The zero-order chi connectivity index (χ0) is 13.9. The number of hydrogen-bond donors (Lipinski definition) is 0. The lowest BCUT2D eigenvalue weighted by molar-refractivity contribution is -0.143. The Hall–Kier alpha value is -1.64. The molecule has 1 aromatic carbocycles. The van der Waals surface area contributed by atoms with Gasteiger partial charge >= 0.3 is 5.97 Å². The van der Waals surface area contributed by atoms with E-state index in [4.69, 9.17) is 4.74 Å². The van der Waals surface area contributed by atoms with Crippen LogP contribution in [0.5, 0.6) is 0 Å². The van der Waals surface area contributed by atoms with Crippen molar-refractivity contribution in [1.82, 2.24) is 0 Å². The molecule has 0 radical (unpaired) electrons. The van der Waals surface area contributed by atoms with E-state index in [0.717, 1.165) is 18.5 Å². The molecule has 0 saturated carbocycles. The van der Waals surface area contributed by atoms with E-state index in [9.17, 15) is 4.79 Å². The third kappa shape index (κ3) is 7.39. The summed E-state index contributed by atoms with van der Waals surface area (Å²) in [5.74, 6) is 0.487. The Morgan fingerprint density at radius 2 is 2.11 bits per heavy atom. The molecule has 19 heavy (non-hydrogen) atoms. The second-order valence-corrected chi connectivity index (χ2v) is 4.71. The molecule has 0 aliphatic heterocycles. The molecule has 1 atom stereocenters. The average molecular weight is 261 g/mol. The Morgan fingerprint density at radius 1 is 1.37 bits per heavy atom. The molecule has 104 valence electrons. The van der Waals surface area contributed by atoms with Gasteiger partial charge < -0.3 is 4.74 Å². The Labute approximate surface area is 115 Å². The van der Waals surface area contributed by atoms with Gasteiger partial charge in [0.25, 0.3) is 0 Å². The fraction of sp³-hybridized carbons (Fsp3) is 0.500. The molecule has 0 amide bonds. The largest absolute Gasteiger partial charge is 0.465 e. The molecule has 3 heteroatoms. The quantitative estimate of drug-likeness (QED) is 0.400. The summed E-state index contributed by atoms with van der Waals surface area (Å²) in [7, 11) is 0. The minimum Gasteiger partial charge on any atom is -0.465 e. The molecular weight excluding hydrogens is 238 g/mol. The van der Waals surface area contributed by atoms with E-state index in [1.54, 1.807) is 6.21 Å². The highest BCUT2D eigenvalue weighted by atomic mass is 16.5. The summed E-state index contributed by atoms with van der Waals surface area (Å²) < 4.78 is 5.14. The van der Waals surface area contributed by atoms with Crippen molar-refractivity contribution in [2.75, 3.05) is 6.61 Å². The molecule has 0 spiro atoms. The molecule has 0 fully saturated rings. The number of benzene rings is 1. The number of rotatable bonds is 8. The first-order chi connectivity index (χ1) is 9.22. The lowest BCUT2D eigenvalue weighted by Crippen LogP contribution is -2.07. The van der Waals surface area contributed by atoms with E-state index >= 15 is 0 Å². The van der Waals surface area contributed by atoms with Crippen LogP contribution in [0.1, 0.15) is 39.5 Å². The number of nitrogens with zero attached hydrogens (tertiary/aromatic N) is 1. The molecule has 0 saturated heterocycles. The van der Waals surface area contributed by atoms with Crippen molar-refractivity contribution in [1.29, 1.82) is 0 Å². The van der Waals surface area contributed by atoms with Crippen LogP contribution in [0, 0.1) is 5.92 Å². The van der Waals surface area contributed by atoms with E-state index in [2.05, 4.69) is 18.8 Å². The van der Waals surface area contributed by atoms with Gasteiger partial charge in [0.05, 0.1) is 12.3 Å². The fourth-order valence-electron chi connectivity index (χ4n) is 1.55. The molecule has 0 aromatic heterocycles. The van der Waals surface area contributed by atoms with Crippen LogP contribution in [0.15, 0.2) is 35.3 Å². The van der Waals surface area contributed by atoms with Gasteiger partial charge in [0, 0.05) is 19.1 Å². The van der Waals surface area contributed by atoms with Gasteiger partial charge in [-0.15, -0.1) is 0 Å². The SMILES string of the molecule is CCC(C)CCC(=O)OCCC=Nc1ccccc1. The van der Waals surface area contributed by atoms with Crippen molar-refractivity contribution in [2.24, 2.45) is 10.9 Å². The molecule has 0 N–H and O–H groups in total. The lowest BCUT2D eigenvalue weighted by atomic mass is 10.0. The first-order valence-corrected chi connectivity index (χ1v) is 6.95. The summed E-state index contributed by atoms with van der Waals surface area (Å²) in [5.41, 5.74) is 0.922. The molecule has 1 unspecified atom stereocenters. The number of esters is 1. The summed E-state index contributed by atoms with van der Waals surface area (Å²) in [6.07, 6.45) is 4.98. The number of carbonyl (C=O) groups excluding carboxylic acids is 1. The highest BCUT2D eigenvalue weighted by Gasteiger charge is 2.05. The monoisotopic (exact) mass is 261 g/mol. The summed E-state index contributed by atoms with van der Waals surface area (Å²) in [5, 5.41) is 0. The Kier molecular flexibility index (Phi) is 7.56. The number of carbonyl (C=O) groups is 1. The van der Waals surface area contributed by atoms with E-state index in [0.29, 0.717) is 25.4 Å². The van der Waals surface area contributed by atoms with Crippen LogP contribution in [-0.4, -0.2) is 18.8 Å². The van der Waals surface area contributed by atoms with Crippen molar-refractivity contribution < 1.29 is 9.53 Å².